The van der Waals surface area contributed by atoms with Crippen LogP contribution in [-0.2, 0) is 11.0 Å². The number of benzene rings is 2. The number of hydrogen-bond donors (Lipinski definition) is 2. The molecule has 2 N–H and O–H groups in total. The van der Waals surface area contributed by atoms with E-state index in [1.807, 2.05) is 0 Å². The molecule has 0 aliphatic heterocycles. The van der Waals surface area contributed by atoms with Crippen LogP contribution in [0.5, 0.6) is 0 Å². The summed E-state index contributed by atoms with van der Waals surface area (Å²) in [5.41, 5.74) is -1.47. The van der Waals surface area contributed by atoms with E-state index in [1.165, 1.54) is 30.5 Å². The van der Waals surface area contributed by atoms with Gasteiger partial charge in [-0.3, -0.25) is 9.59 Å². The van der Waals surface area contributed by atoms with Crippen LogP contribution in [0.25, 0.3) is 0 Å². The number of halogens is 5. The number of nitrogens with one attached hydrogen (secondary N) is 2. The highest BCUT2D eigenvalue weighted by atomic mass is 19.4. The van der Waals surface area contributed by atoms with Gasteiger partial charge in [-0.15, -0.1) is 0 Å². The Labute approximate surface area is 191 Å². The minimum absolute atomic E-state index is 0.00775. The molecule has 0 unspecified atom stereocenters. The molecule has 0 fully saturated rings. The van der Waals surface area contributed by atoms with Gasteiger partial charge in [0.25, 0.3) is 5.91 Å². The van der Waals surface area contributed by atoms with Crippen LogP contribution in [0.2, 0.25) is 0 Å². The zero-order valence-electron chi connectivity index (χ0n) is 17.8. The Kier molecular flexibility index (Phi) is 7.44. The largest absolute Gasteiger partial charge is 0.416 e. The molecule has 0 saturated carbocycles. The summed E-state index contributed by atoms with van der Waals surface area (Å²) in [5, 5.41) is 4.80. The zero-order valence-corrected chi connectivity index (χ0v) is 17.8. The molecule has 178 valence electrons. The second-order valence-electron chi connectivity index (χ2n) is 7.07. The third kappa shape index (κ3) is 5.85. The average molecular weight is 478 g/mol. The molecule has 3 rings (SSSR count). The van der Waals surface area contributed by atoms with E-state index >= 15 is 0 Å². The van der Waals surface area contributed by atoms with Crippen LogP contribution in [0.3, 0.4) is 0 Å². The Bertz CT molecular complexity index is 1180. The van der Waals surface area contributed by atoms with E-state index in [0.717, 1.165) is 35.2 Å². The van der Waals surface area contributed by atoms with Crippen molar-refractivity contribution >= 4 is 29.0 Å². The summed E-state index contributed by atoms with van der Waals surface area (Å²) >= 11 is 0. The second kappa shape index (κ2) is 10.3. The number of rotatable bonds is 7. The van der Waals surface area contributed by atoms with Crippen molar-refractivity contribution in [1.29, 1.82) is 0 Å². The minimum atomic E-state index is -4.55. The van der Waals surface area contributed by atoms with Crippen molar-refractivity contribution in [2.45, 2.75) is 13.1 Å². The first-order valence-electron chi connectivity index (χ1n) is 10.0. The van der Waals surface area contributed by atoms with Gasteiger partial charge < -0.3 is 15.5 Å². The number of alkyl halides is 3. The molecule has 34 heavy (non-hydrogen) atoms. The summed E-state index contributed by atoms with van der Waals surface area (Å²) in [6.45, 7) is 1.12. The lowest BCUT2D eigenvalue weighted by molar-refractivity contribution is -0.137. The molecule has 2 amide bonds. The molecule has 0 aliphatic carbocycles. The van der Waals surface area contributed by atoms with Crippen molar-refractivity contribution in [3.63, 3.8) is 0 Å². The third-order valence-electron chi connectivity index (χ3n) is 4.72. The van der Waals surface area contributed by atoms with Gasteiger partial charge in [0.05, 0.1) is 11.1 Å². The van der Waals surface area contributed by atoms with E-state index in [-0.39, 0.29) is 23.6 Å². The summed E-state index contributed by atoms with van der Waals surface area (Å²) in [6, 6.07) is 10.3. The number of nitrogens with zero attached hydrogens (tertiary/aromatic N) is 2. The van der Waals surface area contributed by atoms with Gasteiger partial charge in [-0.2, -0.15) is 13.2 Å². The minimum Gasteiger partial charge on any atom is -0.340 e. The Morgan fingerprint density at radius 3 is 2.32 bits per heavy atom. The first-order chi connectivity index (χ1) is 16.1. The highest BCUT2D eigenvalue weighted by molar-refractivity contribution is 6.02. The summed E-state index contributed by atoms with van der Waals surface area (Å²) in [7, 11) is 0. The monoisotopic (exact) mass is 478 g/mol. The fourth-order valence-electron chi connectivity index (χ4n) is 3.05. The van der Waals surface area contributed by atoms with E-state index in [2.05, 4.69) is 15.6 Å². The lowest BCUT2D eigenvalue weighted by atomic mass is 10.1. The van der Waals surface area contributed by atoms with E-state index in [9.17, 15) is 31.5 Å². The predicted molar refractivity (Wildman–Crippen MR) is 116 cm³/mol. The molecule has 11 heteroatoms. The number of amides is 2. The van der Waals surface area contributed by atoms with Crippen molar-refractivity contribution in [3.8, 4) is 0 Å². The summed E-state index contributed by atoms with van der Waals surface area (Å²) in [6.07, 6.45) is -3.21. The van der Waals surface area contributed by atoms with Crippen molar-refractivity contribution < 1.29 is 31.5 Å². The normalized spacial score (nSPS) is 11.1. The molecule has 3 aromatic rings. The number of pyridine rings is 1. The van der Waals surface area contributed by atoms with Gasteiger partial charge in [0, 0.05) is 18.4 Å². The maximum absolute atomic E-state index is 13.8. The Morgan fingerprint density at radius 1 is 1.00 bits per heavy atom. The van der Waals surface area contributed by atoms with Gasteiger partial charge in [0.1, 0.15) is 29.7 Å². The van der Waals surface area contributed by atoms with Crippen LogP contribution in [0, 0.1) is 11.6 Å². The molecule has 2 aromatic carbocycles. The molecule has 0 atom stereocenters. The lowest BCUT2D eigenvalue weighted by Crippen LogP contribution is -2.38. The number of carbonyl (C=O) groups is 2. The molecule has 6 nitrogen and oxygen atoms in total. The van der Waals surface area contributed by atoms with Gasteiger partial charge in [0.2, 0.25) is 5.91 Å². The van der Waals surface area contributed by atoms with E-state index in [4.69, 9.17) is 0 Å². The molecule has 0 spiro atoms. The summed E-state index contributed by atoms with van der Waals surface area (Å²) in [4.78, 5) is 30.6. The second-order valence-corrected chi connectivity index (χ2v) is 7.07. The van der Waals surface area contributed by atoms with Gasteiger partial charge in [-0.05, 0) is 49.4 Å². The maximum Gasteiger partial charge on any atom is 0.416 e. The van der Waals surface area contributed by atoms with E-state index < -0.39 is 47.4 Å². The Hall–Kier alpha value is -4.02. The van der Waals surface area contributed by atoms with Crippen molar-refractivity contribution in [2.24, 2.45) is 0 Å². The molecular weight excluding hydrogens is 459 g/mol. The Balaban J connectivity index is 1.79. The quantitative estimate of drug-likeness (QED) is 0.457. The van der Waals surface area contributed by atoms with Crippen molar-refractivity contribution in [3.05, 3.63) is 83.6 Å². The smallest absolute Gasteiger partial charge is 0.340 e. The summed E-state index contributed by atoms with van der Waals surface area (Å²) < 4.78 is 66.6. The highest BCUT2D eigenvalue weighted by Gasteiger charge is 2.30. The standard InChI is InChI=1S/C23H19F5N4O2/c1-2-32(13-19(33)31-20-17(24)9-4-10-18(20)25)22(34)16-8-5-11-29-21(16)30-15-7-3-6-14(12-15)23(26,27)28/h3-12H,2,13H2,1H3,(H,29,30)(H,31,33). The third-order valence-corrected chi connectivity index (χ3v) is 4.72. The maximum atomic E-state index is 13.8. The van der Waals surface area contributed by atoms with Crippen molar-refractivity contribution in [1.82, 2.24) is 9.88 Å². The fourth-order valence-corrected chi connectivity index (χ4v) is 3.05. The number of aromatic nitrogens is 1. The number of likely N-dealkylation sites (N-methyl/N-ethyl adjacent to an activating group) is 1. The average Bonchev–Trinajstić information content (AvgIpc) is 2.79. The van der Waals surface area contributed by atoms with Crippen molar-refractivity contribution in [2.75, 3.05) is 23.7 Å². The van der Waals surface area contributed by atoms with E-state index in [0.29, 0.717) is 0 Å². The van der Waals surface area contributed by atoms with Crippen LogP contribution in [0.4, 0.5) is 39.1 Å². The number of hydrogen-bond acceptors (Lipinski definition) is 4. The van der Waals surface area contributed by atoms with Crippen LogP contribution >= 0.6 is 0 Å². The van der Waals surface area contributed by atoms with Gasteiger partial charge in [-0.1, -0.05) is 12.1 Å². The molecule has 1 heterocycles. The molecule has 0 aliphatic rings. The first-order valence-corrected chi connectivity index (χ1v) is 10.0. The molecule has 0 saturated heterocycles. The topological polar surface area (TPSA) is 74.3 Å². The zero-order chi connectivity index (χ0) is 24.9. The number of anilines is 3. The van der Waals surface area contributed by atoms with Gasteiger partial charge in [-0.25, -0.2) is 13.8 Å². The van der Waals surface area contributed by atoms with Crippen LogP contribution in [0.15, 0.2) is 60.8 Å². The number of carbonyl (C=O) groups excluding carboxylic acids is 2. The number of para-hydroxylation sites is 1. The highest BCUT2D eigenvalue weighted by Crippen LogP contribution is 2.31. The van der Waals surface area contributed by atoms with Crippen LogP contribution < -0.4 is 10.6 Å². The predicted octanol–water partition coefficient (Wildman–Crippen LogP) is 5.22. The molecule has 0 bridgehead atoms. The lowest BCUT2D eigenvalue weighted by Gasteiger charge is -2.22. The van der Waals surface area contributed by atoms with Crippen LogP contribution in [-0.4, -0.2) is 34.8 Å². The molecule has 1 aromatic heterocycles. The Morgan fingerprint density at radius 2 is 1.68 bits per heavy atom. The summed E-state index contributed by atoms with van der Waals surface area (Å²) in [5.74, 6) is -3.46. The fraction of sp³-hybridized carbons (Fsp3) is 0.174. The van der Waals surface area contributed by atoms with Crippen LogP contribution in [0.1, 0.15) is 22.8 Å². The van der Waals surface area contributed by atoms with Gasteiger partial charge >= 0.3 is 6.18 Å². The van der Waals surface area contributed by atoms with E-state index in [1.54, 1.807) is 6.92 Å². The first kappa shape index (κ1) is 24.6. The molecular formula is C23H19F5N4O2. The van der Waals surface area contributed by atoms with Gasteiger partial charge in [0.15, 0.2) is 0 Å². The molecule has 0 radical (unpaired) electrons. The SMILES string of the molecule is CCN(CC(=O)Nc1c(F)cccc1F)C(=O)c1cccnc1Nc1cccc(C(F)(F)F)c1.